The summed E-state index contributed by atoms with van der Waals surface area (Å²) in [6.07, 6.45) is 0. The molecule has 1 aromatic rings. The number of carboxylic acid groups (broad SMARTS) is 1. The van der Waals surface area contributed by atoms with Crippen molar-refractivity contribution in [2.45, 2.75) is 26.8 Å². The molecule has 7 heteroatoms. The van der Waals surface area contributed by atoms with Gasteiger partial charge in [0.1, 0.15) is 12.4 Å². The van der Waals surface area contributed by atoms with Crippen LogP contribution in [0.1, 0.15) is 31.1 Å². The molecule has 0 heterocycles. The minimum Gasteiger partial charge on any atom is -0.480 e. The van der Waals surface area contributed by atoms with Crippen molar-refractivity contribution >= 4 is 23.5 Å². The maximum atomic E-state index is 13.8. The number of rotatable bonds is 5. The van der Waals surface area contributed by atoms with Crippen LogP contribution in [0.2, 0.25) is 0 Å². The van der Waals surface area contributed by atoms with Gasteiger partial charge in [-0.1, -0.05) is 0 Å². The topological polar surface area (TPSA) is 86.7 Å². The zero-order chi connectivity index (χ0) is 16.2. The number of halogens is 1. The first-order valence-electron chi connectivity index (χ1n) is 6.32. The summed E-state index contributed by atoms with van der Waals surface area (Å²) in [6, 6.07) is 3.16. The third kappa shape index (κ3) is 4.55. The Morgan fingerprint density at radius 1 is 1.33 bits per heavy atom. The van der Waals surface area contributed by atoms with E-state index in [9.17, 15) is 18.8 Å². The highest BCUT2D eigenvalue weighted by Crippen LogP contribution is 2.18. The van der Waals surface area contributed by atoms with Gasteiger partial charge in [-0.25, -0.2) is 4.39 Å². The summed E-state index contributed by atoms with van der Waals surface area (Å²) >= 11 is 0. The Labute approximate surface area is 121 Å². The van der Waals surface area contributed by atoms with Gasteiger partial charge in [0.05, 0.1) is 5.56 Å². The predicted octanol–water partition coefficient (Wildman–Crippen LogP) is 1.72. The van der Waals surface area contributed by atoms with E-state index in [1.165, 1.54) is 19.1 Å². The van der Waals surface area contributed by atoms with Crippen LogP contribution in [0, 0.1) is 5.82 Å². The van der Waals surface area contributed by atoms with Crippen molar-refractivity contribution < 1.29 is 23.9 Å². The quantitative estimate of drug-likeness (QED) is 0.866. The highest BCUT2D eigenvalue weighted by molar-refractivity contribution is 5.98. The monoisotopic (exact) mass is 296 g/mol. The molecule has 21 heavy (non-hydrogen) atoms. The number of nitrogens with zero attached hydrogens (tertiary/aromatic N) is 1. The molecular formula is C14H17FN2O4. The van der Waals surface area contributed by atoms with E-state index >= 15 is 0 Å². The number of anilines is 1. The number of benzene rings is 1. The molecule has 0 aromatic heterocycles. The van der Waals surface area contributed by atoms with Crippen molar-refractivity contribution in [1.82, 2.24) is 4.90 Å². The molecule has 1 aromatic carbocycles. The lowest BCUT2D eigenvalue weighted by molar-refractivity contribution is -0.138. The first-order valence-corrected chi connectivity index (χ1v) is 6.32. The van der Waals surface area contributed by atoms with E-state index in [-0.39, 0.29) is 17.2 Å². The van der Waals surface area contributed by atoms with Gasteiger partial charge in [-0.05, 0) is 32.0 Å². The van der Waals surface area contributed by atoms with E-state index in [1.807, 2.05) is 0 Å². The van der Waals surface area contributed by atoms with Crippen LogP contribution in [0.4, 0.5) is 10.1 Å². The number of carboxylic acids is 1. The standard InChI is InChI=1S/C14H17FN2O4/c1-8(2)17(7-13(19)20)14(21)11-6-10(16-9(3)18)4-5-12(11)15/h4-6,8H,7H2,1-3H3,(H,16,18)(H,19,20). The Hall–Kier alpha value is -2.44. The number of carbonyl (C=O) groups excluding carboxylic acids is 2. The minimum atomic E-state index is -1.18. The maximum absolute atomic E-state index is 13.8. The average Bonchev–Trinajstić information content (AvgIpc) is 2.36. The van der Waals surface area contributed by atoms with Crippen LogP contribution in [0.15, 0.2) is 18.2 Å². The van der Waals surface area contributed by atoms with Crippen LogP contribution in [-0.2, 0) is 9.59 Å². The van der Waals surface area contributed by atoms with Gasteiger partial charge in [0.25, 0.3) is 5.91 Å². The number of aliphatic carboxylic acids is 1. The van der Waals surface area contributed by atoms with Crippen LogP contribution in [0.25, 0.3) is 0 Å². The van der Waals surface area contributed by atoms with Crippen LogP contribution in [-0.4, -0.2) is 40.4 Å². The van der Waals surface area contributed by atoms with Crippen molar-refractivity contribution in [3.8, 4) is 0 Å². The Morgan fingerprint density at radius 3 is 2.43 bits per heavy atom. The van der Waals surface area contributed by atoms with Crippen molar-refractivity contribution in [3.63, 3.8) is 0 Å². The summed E-state index contributed by atoms with van der Waals surface area (Å²) in [4.78, 5) is 35.1. The summed E-state index contributed by atoms with van der Waals surface area (Å²) in [7, 11) is 0. The van der Waals surface area contributed by atoms with Gasteiger partial charge in [-0.15, -0.1) is 0 Å². The van der Waals surface area contributed by atoms with Crippen LogP contribution in [0.5, 0.6) is 0 Å². The lowest BCUT2D eigenvalue weighted by Gasteiger charge is -2.25. The molecule has 0 unspecified atom stereocenters. The lowest BCUT2D eigenvalue weighted by atomic mass is 10.1. The fourth-order valence-corrected chi connectivity index (χ4v) is 1.76. The summed E-state index contributed by atoms with van der Waals surface area (Å²) in [5.74, 6) is -3.05. The van der Waals surface area contributed by atoms with E-state index in [0.717, 1.165) is 11.0 Å². The Bertz CT molecular complexity index is 572. The molecule has 0 spiro atoms. The molecule has 0 aliphatic carbocycles. The number of hydrogen-bond acceptors (Lipinski definition) is 3. The van der Waals surface area contributed by atoms with E-state index in [1.54, 1.807) is 13.8 Å². The second-order valence-electron chi connectivity index (χ2n) is 4.80. The molecule has 1 rings (SSSR count). The smallest absolute Gasteiger partial charge is 0.323 e. The third-order valence-electron chi connectivity index (χ3n) is 2.71. The highest BCUT2D eigenvalue weighted by atomic mass is 19.1. The summed E-state index contributed by atoms with van der Waals surface area (Å²) in [6.45, 7) is 4.03. The first-order chi connectivity index (χ1) is 9.72. The lowest BCUT2D eigenvalue weighted by Crippen LogP contribution is -2.41. The molecule has 0 bridgehead atoms. The SMILES string of the molecule is CC(=O)Nc1ccc(F)c(C(=O)N(CC(=O)O)C(C)C)c1. The fourth-order valence-electron chi connectivity index (χ4n) is 1.76. The van der Waals surface area contributed by atoms with Gasteiger partial charge in [0.2, 0.25) is 5.91 Å². The van der Waals surface area contributed by atoms with Crippen LogP contribution in [0.3, 0.4) is 0 Å². The normalized spacial score (nSPS) is 10.3. The van der Waals surface area contributed by atoms with Gasteiger partial charge >= 0.3 is 5.97 Å². The van der Waals surface area contributed by atoms with Crippen molar-refractivity contribution in [2.24, 2.45) is 0 Å². The molecule has 0 radical (unpaired) electrons. The molecule has 0 fully saturated rings. The third-order valence-corrected chi connectivity index (χ3v) is 2.71. The predicted molar refractivity (Wildman–Crippen MR) is 74.5 cm³/mol. The zero-order valence-electron chi connectivity index (χ0n) is 12.0. The second-order valence-corrected chi connectivity index (χ2v) is 4.80. The zero-order valence-corrected chi connectivity index (χ0v) is 12.0. The molecule has 0 aliphatic rings. The summed E-state index contributed by atoms with van der Waals surface area (Å²) < 4.78 is 13.8. The average molecular weight is 296 g/mol. The van der Waals surface area contributed by atoms with Crippen molar-refractivity contribution in [1.29, 1.82) is 0 Å². The Kier molecular flexibility index (Phi) is 5.40. The van der Waals surface area contributed by atoms with Crippen molar-refractivity contribution in [2.75, 3.05) is 11.9 Å². The Morgan fingerprint density at radius 2 is 1.95 bits per heavy atom. The molecule has 6 nitrogen and oxygen atoms in total. The first kappa shape index (κ1) is 16.6. The van der Waals surface area contributed by atoms with Gasteiger partial charge < -0.3 is 15.3 Å². The number of nitrogens with one attached hydrogen (secondary N) is 1. The van der Waals surface area contributed by atoms with E-state index in [2.05, 4.69) is 5.32 Å². The summed E-state index contributed by atoms with van der Waals surface area (Å²) in [5.41, 5.74) is -0.0116. The largest absolute Gasteiger partial charge is 0.480 e. The number of carbonyl (C=O) groups is 3. The van der Waals surface area contributed by atoms with Gasteiger partial charge in [0.15, 0.2) is 0 Å². The van der Waals surface area contributed by atoms with Gasteiger partial charge in [-0.2, -0.15) is 0 Å². The Balaban J connectivity index is 3.14. The van der Waals surface area contributed by atoms with Crippen LogP contribution >= 0.6 is 0 Å². The molecule has 2 N–H and O–H groups in total. The van der Waals surface area contributed by atoms with Crippen molar-refractivity contribution in [3.05, 3.63) is 29.6 Å². The molecule has 0 saturated carbocycles. The fraction of sp³-hybridized carbons (Fsp3) is 0.357. The van der Waals surface area contributed by atoms with Gasteiger partial charge in [-0.3, -0.25) is 14.4 Å². The molecular weight excluding hydrogens is 279 g/mol. The number of hydrogen-bond donors (Lipinski definition) is 2. The minimum absolute atomic E-state index is 0.270. The highest BCUT2D eigenvalue weighted by Gasteiger charge is 2.24. The van der Waals surface area contributed by atoms with Crippen LogP contribution < -0.4 is 5.32 Å². The maximum Gasteiger partial charge on any atom is 0.323 e. The van der Waals surface area contributed by atoms with E-state index < -0.39 is 30.3 Å². The summed E-state index contributed by atoms with van der Waals surface area (Å²) in [5, 5.41) is 11.3. The number of amides is 2. The van der Waals surface area contributed by atoms with Gasteiger partial charge in [0, 0.05) is 18.7 Å². The second kappa shape index (κ2) is 6.83. The molecule has 0 aliphatic heterocycles. The van der Waals surface area contributed by atoms with E-state index in [4.69, 9.17) is 5.11 Å². The molecule has 114 valence electrons. The molecule has 2 amide bonds. The molecule has 0 atom stereocenters. The van der Waals surface area contributed by atoms with E-state index in [0.29, 0.717) is 0 Å². The molecule has 0 saturated heterocycles.